The Labute approximate surface area is 169 Å². The van der Waals surface area contributed by atoms with E-state index in [1.807, 2.05) is 6.92 Å². The number of pyridine rings is 1. The summed E-state index contributed by atoms with van der Waals surface area (Å²) in [5, 5.41) is 4.28. The molecule has 0 saturated carbocycles. The molecule has 1 saturated heterocycles. The fourth-order valence-electron chi connectivity index (χ4n) is 3.53. The summed E-state index contributed by atoms with van der Waals surface area (Å²) in [6, 6.07) is 1.20. The quantitative estimate of drug-likeness (QED) is 0.619. The molecule has 0 aromatic carbocycles. The van der Waals surface area contributed by atoms with Crippen LogP contribution in [-0.4, -0.2) is 66.0 Å². The molecule has 1 aliphatic heterocycles. The lowest BCUT2D eigenvalue weighted by atomic mass is 10.1. The second-order valence-corrected chi connectivity index (χ2v) is 9.56. The van der Waals surface area contributed by atoms with Crippen LogP contribution < -0.4 is 0 Å². The number of aromatic nitrogens is 2. The molecule has 1 amide bonds. The largest absolute Gasteiger partial charge is 0.452 e. The number of hydrogen-bond acceptors (Lipinski definition) is 8. The van der Waals surface area contributed by atoms with E-state index in [2.05, 4.69) is 10.1 Å². The summed E-state index contributed by atoms with van der Waals surface area (Å²) in [5.41, 5.74) is 1.54. The topological polar surface area (TPSA) is 120 Å². The zero-order valence-corrected chi connectivity index (χ0v) is 17.6. The van der Waals surface area contributed by atoms with Crippen LogP contribution in [0, 0.1) is 13.8 Å². The maximum Gasteiger partial charge on any atom is 0.339 e. The lowest BCUT2D eigenvalue weighted by Gasteiger charge is -2.28. The van der Waals surface area contributed by atoms with Gasteiger partial charge in [-0.25, -0.2) is 18.2 Å². The van der Waals surface area contributed by atoms with Crippen molar-refractivity contribution in [2.45, 2.75) is 46.1 Å². The highest BCUT2D eigenvalue weighted by molar-refractivity contribution is 7.91. The zero-order chi connectivity index (χ0) is 21.2. The number of ether oxygens (including phenoxy) is 1. The van der Waals surface area contributed by atoms with Crippen molar-refractivity contribution in [1.82, 2.24) is 15.0 Å². The molecule has 2 aromatic rings. The standard InChI is InChI=1S/C19H25N3O6S/c1-4-5-7-22(14-6-8-29(25,26)11-14)16(23)10-27-19(24)15-9-12(2)20-18-17(15)13(3)21-28-18/h9,14H,4-8,10-11H2,1-3H3/t14-/m0/s1. The predicted molar refractivity (Wildman–Crippen MR) is 105 cm³/mol. The van der Waals surface area contributed by atoms with Crippen LogP contribution >= 0.6 is 0 Å². The van der Waals surface area contributed by atoms with Gasteiger partial charge in [-0.05, 0) is 32.8 Å². The molecule has 158 valence electrons. The second-order valence-electron chi connectivity index (χ2n) is 7.33. The number of aryl methyl sites for hydroxylation is 2. The predicted octanol–water partition coefficient (Wildman–Crippen LogP) is 1.81. The second kappa shape index (κ2) is 8.48. The van der Waals surface area contributed by atoms with Crippen LogP contribution in [0.25, 0.3) is 11.1 Å². The molecule has 0 radical (unpaired) electrons. The lowest BCUT2D eigenvalue weighted by Crippen LogP contribution is -2.43. The van der Waals surface area contributed by atoms with Gasteiger partial charge in [-0.2, -0.15) is 0 Å². The van der Waals surface area contributed by atoms with E-state index >= 15 is 0 Å². The molecule has 3 heterocycles. The van der Waals surface area contributed by atoms with Gasteiger partial charge in [0.25, 0.3) is 11.6 Å². The molecule has 2 aromatic heterocycles. The highest BCUT2D eigenvalue weighted by Gasteiger charge is 2.34. The van der Waals surface area contributed by atoms with Gasteiger partial charge < -0.3 is 14.2 Å². The fourth-order valence-corrected chi connectivity index (χ4v) is 5.26. The fraction of sp³-hybridized carbons (Fsp3) is 0.579. The van der Waals surface area contributed by atoms with Crippen molar-refractivity contribution in [1.29, 1.82) is 0 Å². The number of amides is 1. The van der Waals surface area contributed by atoms with E-state index in [-0.39, 0.29) is 28.8 Å². The van der Waals surface area contributed by atoms with E-state index in [1.165, 1.54) is 0 Å². The number of fused-ring (bicyclic) bond motifs is 1. The van der Waals surface area contributed by atoms with Gasteiger partial charge in [-0.15, -0.1) is 0 Å². The first-order chi connectivity index (χ1) is 13.7. The first-order valence-electron chi connectivity index (χ1n) is 9.62. The first-order valence-corrected chi connectivity index (χ1v) is 11.4. The Kier molecular flexibility index (Phi) is 6.21. The van der Waals surface area contributed by atoms with E-state index < -0.39 is 28.3 Å². The smallest absolute Gasteiger partial charge is 0.339 e. The highest BCUT2D eigenvalue weighted by Crippen LogP contribution is 2.23. The molecular weight excluding hydrogens is 398 g/mol. The highest BCUT2D eigenvalue weighted by atomic mass is 32.2. The van der Waals surface area contributed by atoms with Crippen molar-refractivity contribution < 1.29 is 27.3 Å². The number of carbonyl (C=O) groups excluding carboxylic acids is 2. The van der Waals surface area contributed by atoms with Gasteiger partial charge in [0.1, 0.15) is 0 Å². The monoisotopic (exact) mass is 423 g/mol. The molecule has 29 heavy (non-hydrogen) atoms. The Morgan fingerprint density at radius 1 is 1.34 bits per heavy atom. The van der Waals surface area contributed by atoms with Crippen molar-refractivity contribution in [2.75, 3.05) is 24.7 Å². The third-order valence-corrected chi connectivity index (χ3v) is 6.76. The summed E-state index contributed by atoms with van der Waals surface area (Å²) in [6.07, 6.45) is 2.03. The Morgan fingerprint density at radius 2 is 2.10 bits per heavy atom. The van der Waals surface area contributed by atoms with Crippen molar-refractivity contribution >= 4 is 32.8 Å². The van der Waals surface area contributed by atoms with E-state index in [0.29, 0.717) is 29.7 Å². The number of nitrogens with zero attached hydrogens (tertiary/aromatic N) is 3. The number of sulfone groups is 1. The molecular formula is C19H25N3O6S. The minimum atomic E-state index is -3.13. The van der Waals surface area contributed by atoms with Crippen LogP contribution in [0.3, 0.4) is 0 Å². The van der Waals surface area contributed by atoms with Gasteiger partial charge in [0.05, 0.1) is 28.1 Å². The molecule has 0 bridgehead atoms. The molecule has 3 rings (SSSR count). The third-order valence-electron chi connectivity index (χ3n) is 5.01. The van der Waals surface area contributed by atoms with E-state index in [4.69, 9.17) is 9.26 Å². The van der Waals surface area contributed by atoms with Crippen molar-refractivity contribution in [3.8, 4) is 0 Å². The summed E-state index contributed by atoms with van der Waals surface area (Å²) in [4.78, 5) is 31.1. The third kappa shape index (κ3) is 4.75. The van der Waals surface area contributed by atoms with Crippen LogP contribution in [0.1, 0.15) is 47.9 Å². The molecule has 0 N–H and O–H groups in total. The normalized spacial score (nSPS) is 18.1. The Balaban J connectivity index is 1.73. The molecule has 1 aliphatic rings. The number of hydrogen-bond donors (Lipinski definition) is 0. The average Bonchev–Trinajstić information content (AvgIpc) is 3.21. The minimum absolute atomic E-state index is 0.0412. The summed E-state index contributed by atoms with van der Waals surface area (Å²) < 4.78 is 34.0. The van der Waals surface area contributed by atoms with Crippen LogP contribution in [-0.2, 0) is 19.4 Å². The Morgan fingerprint density at radius 3 is 2.76 bits per heavy atom. The zero-order valence-electron chi connectivity index (χ0n) is 16.8. The first kappa shape index (κ1) is 21.2. The van der Waals surface area contributed by atoms with Crippen LogP contribution in [0.5, 0.6) is 0 Å². The molecule has 0 aliphatic carbocycles. The van der Waals surface area contributed by atoms with Gasteiger partial charge in [-0.1, -0.05) is 18.5 Å². The lowest BCUT2D eigenvalue weighted by molar-refractivity contribution is -0.136. The Hall–Kier alpha value is -2.49. The summed E-state index contributed by atoms with van der Waals surface area (Å²) in [6.45, 7) is 5.39. The molecule has 10 heteroatoms. The molecule has 0 spiro atoms. The number of rotatable bonds is 7. The van der Waals surface area contributed by atoms with E-state index in [1.54, 1.807) is 24.8 Å². The SMILES string of the molecule is CCCCN(C(=O)COC(=O)c1cc(C)nc2onc(C)c12)[C@H]1CCS(=O)(=O)C1. The van der Waals surface area contributed by atoms with Gasteiger partial charge >= 0.3 is 5.97 Å². The van der Waals surface area contributed by atoms with Gasteiger partial charge in [0, 0.05) is 18.3 Å². The number of esters is 1. The van der Waals surface area contributed by atoms with Crippen molar-refractivity contribution in [3.63, 3.8) is 0 Å². The van der Waals surface area contributed by atoms with E-state index in [0.717, 1.165) is 12.8 Å². The van der Waals surface area contributed by atoms with Gasteiger partial charge in [-0.3, -0.25) is 4.79 Å². The average molecular weight is 423 g/mol. The van der Waals surface area contributed by atoms with Crippen molar-refractivity contribution in [3.05, 3.63) is 23.0 Å². The number of unbranched alkanes of at least 4 members (excludes halogenated alkanes) is 1. The molecule has 0 unspecified atom stereocenters. The van der Waals surface area contributed by atoms with Crippen molar-refractivity contribution in [2.24, 2.45) is 0 Å². The van der Waals surface area contributed by atoms with E-state index in [9.17, 15) is 18.0 Å². The summed E-state index contributed by atoms with van der Waals surface area (Å²) in [5.74, 6) is -1.03. The number of carbonyl (C=O) groups is 2. The molecule has 1 atom stereocenters. The molecule has 9 nitrogen and oxygen atoms in total. The summed E-state index contributed by atoms with van der Waals surface area (Å²) in [7, 11) is -3.13. The van der Waals surface area contributed by atoms with Gasteiger partial charge in [0.15, 0.2) is 16.4 Å². The molecule has 1 fully saturated rings. The Bertz CT molecular complexity index is 1030. The van der Waals surface area contributed by atoms with Gasteiger partial charge in [0.2, 0.25) is 0 Å². The van der Waals surface area contributed by atoms with Crippen LogP contribution in [0.4, 0.5) is 0 Å². The maximum atomic E-state index is 12.7. The summed E-state index contributed by atoms with van der Waals surface area (Å²) >= 11 is 0. The maximum absolute atomic E-state index is 12.7. The van der Waals surface area contributed by atoms with Crippen LogP contribution in [0.2, 0.25) is 0 Å². The van der Waals surface area contributed by atoms with Crippen LogP contribution in [0.15, 0.2) is 10.6 Å². The minimum Gasteiger partial charge on any atom is -0.452 e.